The molecular weight excluding hydrogens is 360 g/mol. The zero-order valence-corrected chi connectivity index (χ0v) is 13.8. The Balaban J connectivity index is 1.63. The first-order valence-electron chi connectivity index (χ1n) is 7.19. The Hall–Kier alpha value is -2.18. The second-order valence-corrected chi connectivity index (χ2v) is 6.14. The van der Waals surface area contributed by atoms with Crippen molar-refractivity contribution < 1.29 is 14.7 Å². The van der Waals surface area contributed by atoms with Crippen LogP contribution in [-0.2, 0) is 0 Å². The molecule has 2 aromatic rings. The summed E-state index contributed by atoms with van der Waals surface area (Å²) < 4.78 is 0.882. The fourth-order valence-electron chi connectivity index (χ4n) is 2.51. The van der Waals surface area contributed by atoms with Gasteiger partial charge in [0, 0.05) is 16.7 Å². The van der Waals surface area contributed by atoms with Gasteiger partial charge in [0.15, 0.2) is 0 Å². The van der Waals surface area contributed by atoms with Crippen LogP contribution in [0.4, 0.5) is 5.69 Å². The van der Waals surface area contributed by atoms with E-state index in [1.165, 1.54) is 0 Å². The fraction of sp³-hybridized carbons (Fsp3) is 0.176. The quantitative estimate of drug-likeness (QED) is 0.788. The number of β-amino-alcohol motifs (C(OH)–C–C–N with tert-alkyl or cyclic N) is 1. The summed E-state index contributed by atoms with van der Waals surface area (Å²) in [4.78, 5) is 25.6. The van der Waals surface area contributed by atoms with Crippen molar-refractivity contribution in [2.24, 2.45) is 0 Å². The van der Waals surface area contributed by atoms with E-state index in [9.17, 15) is 14.7 Å². The summed E-state index contributed by atoms with van der Waals surface area (Å²) in [5.74, 6) is -0.712. The Morgan fingerprint density at radius 3 is 2.17 bits per heavy atom. The summed E-state index contributed by atoms with van der Waals surface area (Å²) >= 11 is 3.41. The van der Waals surface area contributed by atoms with Gasteiger partial charge in [0.1, 0.15) is 0 Å². The van der Waals surface area contributed by atoms with Crippen molar-refractivity contribution in [1.29, 1.82) is 0 Å². The van der Waals surface area contributed by atoms with E-state index >= 15 is 0 Å². The normalized spacial score (nSPS) is 14.8. The number of nitrogens with one attached hydrogen (secondary N) is 1. The monoisotopic (exact) mass is 374 g/mol. The van der Waals surface area contributed by atoms with Crippen molar-refractivity contribution in [3.8, 4) is 0 Å². The van der Waals surface area contributed by atoms with E-state index in [1.54, 1.807) is 24.3 Å². The maximum Gasteiger partial charge on any atom is 0.261 e. The Kier molecular flexibility index (Phi) is 4.45. The van der Waals surface area contributed by atoms with E-state index in [-0.39, 0.29) is 24.9 Å². The second kappa shape index (κ2) is 6.52. The predicted molar refractivity (Wildman–Crippen MR) is 90.4 cm³/mol. The second-order valence-electron chi connectivity index (χ2n) is 5.28. The van der Waals surface area contributed by atoms with E-state index in [0.717, 1.165) is 15.1 Å². The molecule has 0 bridgehead atoms. The van der Waals surface area contributed by atoms with Crippen molar-refractivity contribution in [1.82, 2.24) is 4.90 Å². The first kappa shape index (κ1) is 15.7. The largest absolute Gasteiger partial charge is 0.389 e. The summed E-state index contributed by atoms with van der Waals surface area (Å²) in [6, 6.07) is 14.2. The number of hydrogen-bond donors (Lipinski definition) is 2. The van der Waals surface area contributed by atoms with Crippen LogP contribution in [0.5, 0.6) is 0 Å². The molecule has 0 saturated heterocycles. The molecule has 0 radical (unpaired) electrons. The van der Waals surface area contributed by atoms with Crippen LogP contribution in [0.25, 0.3) is 0 Å². The zero-order valence-electron chi connectivity index (χ0n) is 12.2. The molecule has 2 amide bonds. The van der Waals surface area contributed by atoms with Crippen LogP contribution in [0.3, 0.4) is 0 Å². The smallest absolute Gasteiger partial charge is 0.261 e. The number of imide groups is 1. The molecule has 6 heteroatoms. The van der Waals surface area contributed by atoms with E-state index in [4.69, 9.17) is 0 Å². The molecular formula is C17H15BrN2O3. The zero-order chi connectivity index (χ0) is 16.4. The van der Waals surface area contributed by atoms with Crippen LogP contribution in [-0.4, -0.2) is 41.0 Å². The number of carbonyl (C=O) groups excluding carboxylic acids is 2. The Morgan fingerprint density at radius 1 is 1.00 bits per heavy atom. The highest BCUT2D eigenvalue weighted by atomic mass is 79.9. The van der Waals surface area contributed by atoms with Gasteiger partial charge < -0.3 is 10.4 Å². The Bertz CT molecular complexity index is 728. The average Bonchev–Trinajstić information content (AvgIpc) is 2.80. The summed E-state index contributed by atoms with van der Waals surface area (Å²) in [5.41, 5.74) is 1.63. The summed E-state index contributed by atoms with van der Waals surface area (Å²) in [6.07, 6.45) is -0.857. The molecule has 1 aliphatic rings. The van der Waals surface area contributed by atoms with E-state index in [1.807, 2.05) is 24.3 Å². The van der Waals surface area contributed by atoms with Gasteiger partial charge in [-0.3, -0.25) is 14.5 Å². The van der Waals surface area contributed by atoms with Crippen molar-refractivity contribution in [2.45, 2.75) is 6.10 Å². The standard InChI is InChI=1S/C17H15BrN2O3/c18-14-7-3-4-8-15(14)19-9-11(21)10-20-16(22)12-5-1-2-6-13(12)17(20)23/h1-8,11,19,21H,9-10H2. The molecule has 23 heavy (non-hydrogen) atoms. The number of fused-ring (bicyclic) bond motifs is 1. The number of anilines is 1. The lowest BCUT2D eigenvalue weighted by Gasteiger charge is -2.19. The number of amides is 2. The van der Waals surface area contributed by atoms with Crippen LogP contribution in [0, 0.1) is 0 Å². The van der Waals surface area contributed by atoms with Gasteiger partial charge in [-0.05, 0) is 40.2 Å². The van der Waals surface area contributed by atoms with Gasteiger partial charge in [-0.1, -0.05) is 24.3 Å². The van der Waals surface area contributed by atoms with E-state index in [0.29, 0.717) is 11.1 Å². The lowest BCUT2D eigenvalue weighted by molar-refractivity contribution is 0.0558. The number of carbonyl (C=O) groups is 2. The molecule has 1 heterocycles. The summed E-state index contributed by atoms with van der Waals surface area (Å²) in [5, 5.41) is 13.2. The van der Waals surface area contributed by atoms with Gasteiger partial charge >= 0.3 is 0 Å². The number of benzene rings is 2. The number of halogens is 1. The van der Waals surface area contributed by atoms with Crippen LogP contribution in [0.2, 0.25) is 0 Å². The third kappa shape index (κ3) is 3.13. The molecule has 1 unspecified atom stereocenters. The first-order chi connectivity index (χ1) is 11.1. The minimum absolute atomic E-state index is 0.0379. The average molecular weight is 375 g/mol. The maximum absolute atomic E-state index is 12.2. The van der Waals surface area contributed by atoms with Crippen LogP contribution in [0.1, 0.15) is 20.7 Å². The SMILES string of the molecule is O=C1c2ccccc2C(=O)N1CC(O)CNc1ccccc1Br. The van der Waals surface area contributed by atoms with Crippen molar-refractivity contribution >= 4 is 33.4 Å². The first-order valence-corrected chi connectivity index (χ1v) is 7.99. The highest BCUT2D eigenvalue weighted by Crippen LogP contribution is 2.23. The molecule has 2 N–H and O–H groups in total. The number of aliphatic hydroxyl groups excluding tert-OH is 1. The van der Waals surface area contributed by atoms with Gasteiger partial charge in [-0.25, -0.2) is 0 Å². The van der Waals surface area contributed by atoms with Gasteiger partial charge in [-0.15, -0.1) is 0 Å². The maximum atomic E-state index is 12.2. The van der Waals surface area contributed by atoms with Gasteiger partial charge in [0.2, 0.25) is 0 Å². The lowest BCUT2D eigenvalue weighted by Crippen LogP contribution is -2.39. The molecule has 2 aromatic carbocycles. The van der Waals surface area contributed by atoms with Gasteiger partial charge in [-0.2, -0.15) is 0 Å². The Labute approximate surface area is 142 Å². The van der Waals surface area contributed by atoms with Gasteiger partial charge in [0.05, 0.1) is 23.8 Å². The number of rotatable bonds is 5. The van der Waals surface area contributed by atoms with E-state index < -0.39 is 6.10 Å². The third-order valence-corrected chi connectivity index (χ3v) is 4.37. The molecule has 3 rings (SSSR count). The minimum atomic E-state index is -0.857. The number of hydrogen-bond acceptors (Lipinski definition) is 4. The molecule has 1 aliphatic heterocycles. The topological polar surface area (TPSA) is 69.6 Å². The van der Waals surface area contributed by atoms with Crippen molar-refractivity contribution in [3.63, 3.8) is 0 Å². The van der Waals surface area contributed by atoms with Crippen LogP contribution in [0.15, 0.2) is 53.0 Å². The lowest BCUT2D eigenvalue weighted by atomic mass is 10.1. The van der Waals surface area contributed by atoms with Crippen LogP contribution < -0.4 is 5.32 Å². The van der Waals surface area contributed by atoms with Gasteiger partial charge in [0.25, 0.3) is 11.8 Å². The summed E-state index contributed by atoms with van der Waals surface area (Å²) in [7, 11) is 0. The van der Waals surface area contributed by atoms with E-state index in [2.05, 4.69) is 21.2 Å². The van der Waals surface area contributed by atoms with Crippen molar-refractivity contribution in [3.05, 3.63) is 64.1 Å². The number of nitrogens with zero attached hydrogens (tertiary/aromatic N) is 1. The number of para-hydroxylation sites is 1. The van der Waals surface area contributed by atoms with Crippen molar-refractivity contribution in [2.75, 3.05) is 18.4 Å². The third-order valence-electron chi connectivity index (χ3n) is 3.67. The summed E-state index contributed by atoms with van der Waals surface area (Å²) in [6.45, 7) is 0.194. The molecule has 5 nitrogen and oxygen atoms in total. The number of aliphatic hydroxyl groups is 1. The molecule has 118 valence electrons. The fourth-order valence-corrected chi connectivity index (χ4v) is 2.94. The van der Waals surface area contributed by atoms with Crippen LogP contribution >= 0.6 is 15.9 Å². The minimum Gasteiger partial charge on any atom is -0.389 e. The molecule has 0 fully saturated rings. The molecule has 0 aliphatic carbocycles. The predicted octanol–water partition coefficient (Wildman–Crippen LogP) is 2.52. The molecule has 0 spiro atoms. The highest BCUT2D eigenvalue weighted by molar-refractivity contribution is 9.10. The molecule has 0 saturated carbocycles. The highest BCUT2D eigenvalue weighted by Gasteiger charge is 2.35. The Morgan fingerprint density at radius 2 is 1.57 bits per heavy atom. The molecule has 0 aromatic heterocycles. The molecule has 1 atom stereocenters.